The van der Waals surface area contributed by atoms with Crippen LogP contribution in [0.2, 0.25) is 0 Å². The quantitative estimate of drug-likeness (QED) is 0.235. The fraction of sp³-hybridized carbons (Fsp3) is 0.610. The number of rotatable bonds is 8. The van der Waals surface area contributed by atoms with Gasteiger partial charge < -0.3 is 14.4 Å². The van der Waals surface area contributed by atoms with E-state index in [-0.39, 0.29) is 40.4 Å². The molecule has 8 rings (SSSR count). The molecule has 2 aromatic heterocycles. The van der Waals surface area contributed by atoms with E-state index in [0.29, 0.717) is 55.1 Å². The molecule has 10 heteroatoms. The highest BCUT2D eigenvalue weighted by molar-refractivity contribution is 5.95. The van der Waals surface area contributed by atoms with Crippen LogP contribution in [0.15, 0.2) is 42.9 Å². The predicted molar refractivity (Wildman–Crippen MR) is 195 cm³/mol. The third kappa shape index (κ3) is 6.99. The molecule has 9 nitrogen and oxygen atoms in total. The average molecular weight is 700 g/mol. The minimum atomic E-state index is -0.438. The normalized spacial score (nSPS) is 26.5. The first kappa shape index (κ1) is 35.5. The molecule has 0 radical (unpaired) electrons. The van der Waals surface area contributed by atoms with Crippen molar-refractivity contribution < 1.29 is 23.5 Å². The Bertz CT molecular complexity index is 1740. The highest BCUT2D eigenvalue weighted by Crippen LogP contribution is 2.58. The summed E-state index contributed by atoms with van der Waals surface area (Å²) in [5.74, 6) is 1.31. The topological polar surface area (TPSA) is 89.8 Å². The van der Waals surface area contributed by atoms with Crippen molar-refractivity contribution in [3.63, 3.8) is 0 Å². The molecule has 274 valence electrons. The van der Waals surface area contributed by atoms with Gasteiger partial charge in [0.15, 0.2) is 0 Å². The lowest BCUT2D eigenvalue weighted by Crippen LogP contribution is -2.52. The Balaban J connectivity index is 1.12. The van der Waals surface area contributed by atoms with E-state index in [9.17, 15) is 9.59 Å². The summed E-state index contributed by atoms with van der Waals surface area (Å²) >= 11 is 0. The Morgan fingerprint density at radius 1 is 1.00 bits per heavy atom. The lowest BCUT2D eigenvalue weighted by atomic mass is 9.51. The van der Waals surface area contributed by atoms with E-state index < -0.39 is 5.82 Å². The number of nitrogens with zero attached hydrogens (tertiary/aromatic N) is 5. The third-order valence-corrected chi connectivity index (χ3v) is 12.5. The van der Waals surface area contributed by atoms with Gasteiger partial charge in [0.05, 0.1) is 25.0 Å². The van der Waals surface area contributed by atoms with Gasteiger partial charge in [0.2, 0.25) is 5.91 Å². The first-order chi connectivity index (χ1) is 24.3. The van der Waals surface area contributed by atoms with Crippen molar-refractivity contribution in [3.8, 4) is 16.9 Å². The zero-order chi connectivity index (χ0) is 36.1. The van der Waals surface area contributed by atoms with Crippen molar-refractivity contribution in [2.45, 2.75) is 116 Å². The molecule has 0 spiro atoms. The Labute approximate surface area is 301 Å². The number of fused-ring (bicyclic) bond motifs is 3. The van der Waals surface area contributed by atoms with E-state index in [1.807, 2.05) is 15.8 Å². The summed E-state index contributed by atoms with van der Waals surface area (Å²) in [5.41, 5.74) is 3.46. The number of pyridine rings is 1. The molecule has 4 aliphatic carbocycles. The molecule has 5 aliphatic rings. The van der Waals surface area contributed by atoms with E-state index in [0.717, 1.165) is 62.9 Å². The first-order valence-electron chi connectivity index (χ1n) is 18.9. The number of hydrogen-bond donors (Lipinski definition) is 0. The molecule has 1 saturated heterocycles. The fourth-order valence-electron chi connectivity index (χ4n) is 9.09. The highest BCUT2D eigenvalue weighted by atomic mass is 19.1. The molecule has 51 heavy (non-hydrogen) atoms. The van der Waals surface area contributed by atoms with Gasteiger partial charge in [-0.15, -0.1) is 0 Å². The summed E-state index contributed by atoms with van der Waals surface area (Å²) < 4.78 is 28.7. The summed E-state index contributed by atoms with van der Waals surface area (Å²) in [5, 5.41) is 4.51. The fourth-order valence-corrected chi connectivity index (χ4v) is 9.09. The Kier molecular flexibility index (Phi) is 9.42. The summed E-state index contributed by atoms with van der Waals surface area (Å²) in [6.45, 7) is 12.4. The second kappa shape index (κ2) is 13.6. The minimum absolute atomic E-state index is 0.0344. The van der Waals surface area contributed by atoms with Gasteiger partial charge in [-0.1, -0.05) is 19.1 Å². The number of aryl methyl sites for hydroxylation is 1. The molecule has 1 aromatic carbocycles. The van der Waals surface area contributed by atoms with Gasteiger partial charge in [-0.25, -0.2) is 14.2 Å². The third-order valence-electron chi connectivity index (χ3n) is 12.5. The van der Waals surface area contributed by atoms with Crippen LogP contribution in [-0.4, -0.2) is 64.5 Å². The van der Waals surface area contributed by atoms with Gasteiger partial charge in [0.1, 0.15) is 23.5 Å². The highest BCUT2D eigenvalue weighted by Gasteiger charge is 2.51. The van der Waals surface area contributed by atoms with E-state index in [1.54, 1.807) is 24.3 Å². The number of halogens is 1. The number of methoxy groups -OCH3 is 1. The molecule has 5 fully saturated rings. The van der Waals surface area contributed by atoms with Crippen molar-refractivity contribution in [1.29, 1.82) is 0 Å². The van der Waals surface area contributed by atoms with Crippen molar-refractivity contribution in [3.05, 3.63) is 59.8 Å². The Hall–Kier alpha value is -3.95. The van der Waals surface area contributed by atoms with Crippen LogP contribution in [0.1, 0.15) is 103 Å². The van der Waals surface area contributed by atoms with Crippen LogP contribution >= 0.6 is 0 Å². The number of amides is 2. The van der Waals surface area contributed by atoms with Gasteiger partial charge in [0.25, 0.3) is 0 Å². The van der Waals surface area contributed by atoms with Gasteiger partial charge in [0, 0.05) is 42.9 Å². The molecule has 0 unspecified atom stereocenters. The molecule has 3 aromatic rings. The number of hydrogen-bond acceptors (Lipinski definition) is 6. The number of likely N-dealkylation sites (tertiary alicyclic amines) is 1. The molecular formula is C41H54FN5O4. The Morgan fingerprint density at radius 3 is 2.27 bits per heavy atom. The first-order valence-corrected chi connectivity index (χ1v) is 18.9. The molecule has 3 heterocycles. The summed E-state index contributed by atoms with van der Waals surface area (Å²) in [4.78, 5) is 35.5. The largest absolute Gasteiger partial charge is 0.496 e. The van der Waals surface area contributed by atoms with Crippen LogP contribution in [-0.2, 0) is 20.5 Å². The second-order valence-corrected chi connectivity index (χ2v) is 17.1. The molecular weight excluding hydrogens is 645 g/mol. The maximum atomic E-state index is 15.5. The Morgan fingerprint density at radius 2 is 1.69 bits per heavy atom. The van der Waals surface area contributed by atoms with Crippen molar-refractivity contribution >= 4 is 17.8 Å². The number of carbonyl (C=O) groups is 2. The van der Waals surface area contributed by atoms with Crippen molar-refractivity contribution in [2.24, 2.45) is 17.3 Å². The van der Waals surface area contributed by atoms with Gasteiger partial charge >= 0.3 is 6.09 Å². The molecule has 0 N–H and O–H groups in total. The van der Waals surface area contributed by atoms with E-state index in [1.165, 1.54) is 11.8 Å². The molecule has 1 aliphatic heterocycles. The minimum Gasteiger partial charge on any atom is -0.496 e. The second-order valence-electron chi connectivity index (χ2n) is 17.1. The monoisotopic (exact) mass is 699 g/mol. The van der Waals surface area contributed by atoms with Crippen LogP contribution in [0, 0.1) is 30.0 Å². The van der Waals surface area contributed by atoms with Crippen LogP contribution in [0.3, 0.4) is 0 Å². The van der Waals surface area contributed by atoms with Gasteiger partial charge in [-0.3, -0.25) is 14.4 Å². The average Bonchev–Trinajstić information content (AvgIpc) is 3.62. The number of ether oxygens (including phenoxy) is 2. The zero-order valence-corrected chi connectivity index (χ0v) is 31.2. The van der Waals surface area contributed by atoms with E-state index in [4.69, 9.17) is 9.47 Å². The zero-order valence-electron chi connectivity index (χ0n) is 31.2. The maximum Gasteiger partial charge on any atom is 0.410 e. The summed E-state index contributed by atoms with van der Waals surface area (Å²) in [7, 11) is 1.72. The van der Waals surface area contributed by atoms with Crippen LogP contribution in [0.5, 0.6) is 5.75 Å². The lowest BCUT2D eigenvalue weighted by molar-refractivity contribution is -0.124. The molecule has 4 saturated carbocycles. The lowest BCUT2D eigenvalue weighted by Gasteiger charge is -2.55. The van der Waals surface area contributed by atoms with Gasteiger partial charge in [-0.05, 0) is 132 Å². The standard InChI is InChI=1S/C41H54FN5O4/c1-27-23-45(24-27)38(49)51-32-10-7-29(8-11-32)37(48)46(36-20-33(34(42)22-43-36)30-21-44-47(25-30)39(3,4)5)26-40-13-16-41(17-14-40,18-15-40)31-9-12-35(50-6)28(2)19-31/h9,12,19-22,25,27,29,32H,7-8,10-11,13-18,23-24,26H2,1-6H3. The number of carbonyl (C=O) groups excluding carboxylic acids is 2. The van der Waals surface area contributed by atoms with Crippen molar-refractivity contribution in [1.82, 2.24) is 19.7 Å². The van der Waals surface area contributed by atoms with Gasteiger partial charge in [-0.2, -0.15) is 5.10 Å². The van der Waals surface area contributed by atoms with Crippen LogP contribution in [0.4, 0.5) is 15.0 Å². The molecule has 0 atom stereocenters. The SMILES string of the molecule is COc1ccc(C23CCC(CN(C(=O)C4CCC(OC(=O)N5CC(C)C5)CC4)c4cc(-c5cnn(C(C)(C)C)c5)c(F)cn4)(CC2)CC3)cc1C. The summed E-state index contributed by atoms with van der Waals surface area (Å²) in [6, 6.07) is 8.38. The predicted octanol–water partition coefficient (Wildman–Crippen LogP) is 8.43. The molecule has 2 bridgehead atoms. The number of benzene rings is 1. The number of aromatic nitrogens is 3. The van der Waals surface area contributed by atoms with E-state index >= 15 is 4.39 Å². The van der Waals surface area contributed by atoms with Crippen molar-refractivity contribution in [2.75, 3.05) is 31.6 Å². The smallest absolute Gasteiger partial charge is 0.410 e. The maximum absolute atomic E-state index is 15.5. The van der Waals surface area contributed by atoms with Crippen LogP contribution in [0.25, 0.3) is 11.1 Å². The van der Waals surface area contributed by atoms with Crippen LogP contribution < -0.4 is 9.64 Å². The number of anilines is 1. The summed E-state index contributed by atoms with van der Waals surface area (Å²) in [6.07, 6.45) is 13.2. The van der Waals surface area contributed by atoms with E-state index in [2.05, 4.69) is 62.9 Å². The molecule has 2 amide bonds.